The zero-order chi connectivity index (χ0) is 23.1. The summed E-state index contributed by atoms with van der Waals surface area (Å²) in [6.45, 7) is 3.65. The molecule has 6 rings (SSSR count). The number of ether oxygens (including phenoxy) is 2. The Bertz CT molecular complexity index is 1300. The summed E-state index contributed by atoms with van der Waals surface area (Å²) in [5.74, 6) is 1.67. The van der Waals surface area contributed by atoms with Crippen molar-refractivity contribution in [2.75, 3.05) is 25.6 Å². The van der Waals surface area contributed by atoms with E-state index in [1.165, 1.54) is 0 Å². The highest BCUT2D eigenvalue weighted by Gasteiger charge is 2.23. The van der Waals surface area contributed by atoms with Gasteiger partial charge in [0.2, 0.25) is 5.95 Å². The van der Waals surface area contributed by atoms with Gasteiger partial charge in [-0.25, -0.2) is 19.5 Å². The first-order valence-corrected chi connectivity index (χ1v) is 12.3. The van der Waals surface area contributed by atoms with Crippen LogP contribution in [0.3, 0.4) is 0 Å². The first kappa shape index (κ1) is 21.5. The number of aryl methyl sites for hydroxylation is 1. The van der Waals surface area contributed by atoms with Crippen LogP contribution in [0.1, 0.15) is 50.4 Å². The smallest absolute Gasteiger partial charge is 0.241 e. The van der Waals surface area contributed by atoms with Crippen molar-refractivity contribution in [1.29, 1.82) is 0 Å². The monoisotopic (exact) mass is 461 g/mol. The molecule has 1 saturated heterocycles. The Balaban J connectivity index is 1.28. The van der Waals surface area contributed by atoms with Crippen LogP contribution in [0.25, 0.3) is 27.8 Å². The summed E-state index contributed by atoms with van der Waals surface area (Å²) < 4.78 is 15.3. The van der Waals surface area contributed by atoms with Gasteiger partial charge in [0.25, 0.3) is 0 Å². The molecule has 1 aliphatic heterocycles. The van der Waals surface area contributed by atoms with Crippen LogP contribution in [0, 0.1) is 6.92 Å². The second-order valence-electron chi connectivity index (χ2n) is 9.43. The van der Waals surface area contributed by atoms with Crippen LogP contribution in [-0.2, 0) is 9.47 Å². The van der Waals surface area contributed by atoms with E-state index in [2.05, 4.69) is 33.9 Å². The Morgan fingerprint density at radius 1 is 1.03 bits per heavy atom. The summed E-state index contributed by atoms with van der Waals surface area (Å²) in [6.07, 6.45) is 12.5. The van der Waals surface area contributed by atoms with E-state index in [4.69, 9.17) is 24.5 Å². The highest BCUT2D eigenvalue weighted by Crippen LogP contribution is 2.31. The molecule has 0 bridgehead atoms. The number of nitrogens with one attached hydrogen (secondary N) is 1. The number of hydrogen-bond donors (Lipinski definition) is 1. The number of aromatic nitrogens is 6. The maximum Gasteiger partial charge on any atom is 0.241 e. The van der Waals surface area contributed by atoms with Gasteiger partial charge in [0.1, 0.15) is 5.82 Å². The molecular weight excluding hydrogens is 430 g/mol. The lowest BCUT2D eigenvalue weighted by Crippen LogP contribution is -2.30. The van der Waals surface area contributed by atoms with Gasteiger partial charge < -0.3 is 19.4 Å². The second kappa shape index (κ2) is 8.96. The van der Waals surface area contributed by atoms with Crippen LogP contribution in [-0.4, -0.2) is 61.6 Å². The zero-order valence-electron chi connectivity index (χ0n) is 19.8. The topological polar surface area (TPSA) is 91.4 Å². The summed E-state index contributed by atoms with van der Waals surface area (Å²) in [4.78, 5) is 14.0. The first-order valence-electron chi connectivity index (χ1n) is 12.3. The second-order valence-corrected chi connectivity index (χ2v) is 9.43. The van der Waals surface area contributed by atoms with Gasteiger partial charge in [0, 0.05) is 55.9 Å². The predicted molar refractivity (Wildman–Crippen MR) is 130 cm³/mol. The molecule has 1 saturated carbocycles. The normalized spacial score (nSPS) is 21.9. The van der Waals surface area contributed by atoms with E-state index in [1.807, 2.05) is 23.1 Å². The molecule has 0 radical (unpaired) electrons. The Hall–Kier alpha value is -3.04. The molecule has 0 amide bonds. The van der Waals surface area contributed by atoms with E-state index in [-0.39, 0.29) is 0 Å². The molecule has 0 unspecified atom stereocenters. The molecule has 9 heteroatoms. The van der Waals surface area contributed by atoms with Crippen molar-refractivity contribution in [1.82, 2.24) is 29.1 Å². The third-order valence-corrected chi connectivity index (χ3v) is 7.35. The van der Waals surface area contributed by atoms with Crippen molar-refractivity contribution in [3.63, 3.8) is 0 Å². The zero-order valence-corrected chi connectivity index (χ0v) is 19.8. The standard InChI is InChI=1S/C25H31N7O2/c1-16-28-24-22(32(16)19-8-11-34-12-9-19)13-17(14-26-24)21-7-10-31-23(21)15-27-25(30-31)29-18-3-5-20(33-2)6-4-18/h7,10,13-15,18-20H,3-6,8-9,11-12H2,1-2H3,(H,29,30)/t18-,20-. The number of fused-ring (bicyclic) bond motifs is 2. The minimum absolute atomic E-state index is 0.381. The first-order chi connectivity index (χ1) is 16.7. The number of methoxy groups -OCH3 is 1. The molecule has 1 N–H and O–H groups in total. The fourth-order valence-electron chi connectivity index (χ4n) is 5.48. The minimum Gasteiger partial charge on any atom is -0.381 e. The van der Waals surface area contributed by atoms with Crippen molar-refractivity contribution >= 4 is 22.6 Å². The Kier molecular flexibility index (Phi) is 5.66. The molecule has 1 aliphatic carbocycles. The van der Waals surface area contributed by atoms with Gasteiger partial charge in [-0.3, -0.25) is 0 Å². The number of rotatable bonds is 5. The summed E-state index contributed by atoms with van der Waals surface area (Å²) in [5, 5.41) is 8.23. The molecule has 0 aromatic carbocycles. The van der Waals surface area contributed by atoms with E-state index in [1.54, 1.807) is 7.11 Å². The maximum atomic E-state index is 5.57. The van der Waals surface area contributed by atoms with Crippen LogP contribution >= 0.6 is 0 Å². The number of anilines is 1. The van der Waals surface area contributed by atoms with Crippen LogP contribution in [0.2, 0.25) is 0 Å². The Morgan fingerprint density at radius 3 is 2.65 bits per heavy atom. The van der Waals surface area contributed by atoms with Crippen molar-refractivity contribution < 1.29 is 9.47 Å². The summed E-state index contributed by atoms with van der Waals surface area (Å²) in [6, 6.07) is 5.08. The number of nitrogens with zero attached hydrogens (tertiary/aromatic N) is 6. The fourth-order valence-corrected chi connectivity index (χ4v) is 5.48. The fraction of sp³-hybridized carbons (Fsp3) is 0.520. The lowest BCUT2D eigenvalue weighted by molar-refractivity contribution is 0.0681. The van der Waals surface area contributed by atoms with Crippen LogP contribution in [0.15, 0.2) is 30.7 Å². The molecule has 4 aromatic heterocycles. The van der Waals surface area contributed by atoms with E-state index >= 15 is 0 Å². The molecular formula is C25H31N7O2. The van der Waals surface area contributed by atoms with Gasteiger partial charge in [-0.05, 0) is 57.6 Å². The molecule has 178 valence electrons. The molecule has 9 nitrogen and oxygen atoms in total. The molecule has 0 atom stereocenters. The lowest BCUT2D eigenvalue weighted by atomic mass is 9.93. The molecule has 2 fully saturated rings. The Morgan fingerprint density at radius 2 is 1.85 bits per heavy atom. The molecule has 5 heterocycles. The van der Waals surface area contributed by atoms with E-state index in [0.29, 0.717) is 24.1 Å². The van der Waals surface area contributed by atoms with Crippen molar-refractivity contribution in [2.45, 2.75) is 63.6 Å². The van der Waals surface area contributed by atoms with Gasteiger partial charge in [-0.2, -0.15) is 0 Å². The van der Waals surface area contributed by atoms with Crippen LogP contribution in [0.5, 0.6) is 0 Å². The highest BCUT2D eigenvalue weighted by atomic mass is 16.5. The van der Waals surface area contributed by atoms with Gasteiger partial charge in [0.15, 0.2) is 5.65 Å². The SMILES string of the molecule is CO[C@H]1CC[C@H](Nc2ncc3c(-c4cnc5nc(C)n(C6CCOCC6)c5c4)ccn3n2)CC1. The molecule has 4 aromatic rings. The molecule has 34 heavy (non-hydrogen) atoms. The van der Waals surface area contributed by atoms with Crippen molar-refractivity contribution in [3.8, 4) is 11.1 Å². The lowest BCUT2D eigenvalue weighted by Gasteiger charge is -2.28. The number of pyridine rings is 1. The van der Waals surface area contributed by atoms with E-state index < -0.39 is 0 Å². The number of imidazole rings is 1. The van der Waals surface area contributed by atoms with Crippen molar-refractivity contribution in [2.24, 2.45) is 0 Å². The van der Waals surface area contributed by atoms with Gasteiger partial charge in [0.05, 0.1) is 23.3 Å². The average Bonchev–Trinajstić information content (AvgIpc) is 3.44. The average molecular weight is 462 g/mol. The summed E-state index contributed by atoms with van der Waals surface area (Å²) in [5.41, 5.74) is 4.95. The van der Waals surface area contributed by atoms with E-state index in [0.717, 1.165) is 85.4 Å². The quantitative estimate of drug-likeness (QED) is 0.477. The van der Waals surface area contributed by atoms with Crippen LogP contribution in [0.4, 0.5) is 5.95 Å². The predicted octanol–water partition coefficient (Wildman–Crippen LogP) is 4.17. The van der Waals surface area contributed by atoms with Crippen LogP contribution < -0.4 is 5.32 Å². The van der Waals surface area contributed by atoms with Gasteiger partial charge >= 0.3 is 0 Å². The van der Waals surface area contributed by atoms with Gasteiger partial charge in [-0.1, -0.05) is 0 Å². The van der Waals surface area contributed by atoms with Gasteiger partial charge in [-0.15, -0.1) is 5.10 Å². The number of hydrogen-bond acceptors (Lipinski definition) is 7. The third-order valence-electron chi connectivity index (χ3n) is 7.35. The molecule has 0 spiro atoms. The minimum atomic E-state index is 0.381. The summed E-state index contributed by atoms with van der Waals surface area (Å²) >= 11 is 0. The maximum absolute atomic E-state index is 5.57. The Labute approximate surface area is 198 Å². The summed E-state index contributed by atoms with van der Waals surface area (Å²) in [7, 11) is 1.80. The highest BCUT2D eigenvalue weighted by molar-refractivity contribution is 5.85. The van der Waals surface area contributed by atoms with E-state index in [9.17, 15) is 0 Å². The largest absolute Gasteiger partial charge is 0.381 e. The third kappa shape index (κ3) is 3.92. The molecule has 2 aliphatic rings. The van der Waals surface area contributed by atoms with Crippen molar-refractivity contribution in [3.05, 3.63) is 36.5 Å².